The largest absolute Gasteiger partial charge is 0.462 e. The van der Waals surface area contributed by atoms with Gasteiger partial charge in [-0.2, -0.15) is 0 Å². The quantitative estimate of drug-likeness (QED) is 0.0442. The molecule has 350 valence electrons. The summed E-state index contributed by atoms with van der Waals surface area (Å²) in [4.78, 5) is 43.0. The maximum atomic E-state index is 12.9. The van der Waals surface area contributed by atoms with Crippen molar-refractivity contribution in [2.75, 3.05) is 26.2 Å². The molecule has 1 amide bonds. The summed E-state index contributed by atoms with van der Waals surface area (Å²) in [6.07, 6.45) is 36.0. The Balaban J connectivity index is 2.48. The summed E-state index contributed by atoms with van der Waals surface area (Å²) in [5.74, 6) is 0.174. The molecule has 0 spiro atoms. The summed E-state index contributed by atoms with van der Waals surface area (Å²) in [6.45, 7) is 14.0. The number of amides is 1. The number of aromatic nitrogens is 1. The van der Waals surface area contributed by atoms with Crippen molar-refractivity contribution in [2.45, 2.75) is 252 Å². The number of H-pyrrole nitrogens is 1. The van der Waals surface area contributed by atoms with Gasteiger partial charge < -0.3 is 29.8 Å². The first-order valence-corrected chi connectivity index (χ1v) is 25.4. The molecule has 3 N–H and O–H groups in total. The number of nitrogens with one attached hydrogen (secondary N) is 2. The fourth-order valence-corrected chi connectivity index (χ4v) is 8.04. The van der Waals surface area contributed by atoms with Gasteiger partial charge in [-0.3, -0.25) is 14.4 Å². The van der Waals surface area contributed by atoms with Gasteiger partial charge in [-0.1, -0.05) is 137 Å². The Bertz CT molecular complexity index is 1110. The van der Waals surface area contributed by atoms with Crippen molar-refractivity contribution in [3.05, 3.63) is 24.0 Å². The lowest BCUT2D eigenvalue weighted by molar-refractivity contribution is -0.152. The van der Waals surface area contributed by atoms with Crippen molar-refractivity contribution in [1.29, 1.82) is 0 Å². The number of carbonyl (C=O) groups excluding carboxylic acids is 3. The van der Waals surface area contributed by atoms with E-state index in [4.69, 9.17) is 9.47 Å². The SMILES string of the molecule is CCCCCCCCC(CCCCCCCC)OC(=O)CCCCCCCN(CCCCCC(=O)OC(CCCCC)C(C)C)CC(O)CCCCNC(=O)c1cc[nH]c1. The number of hydrogen-bond donors (Lipinski definition) is 3. The Labute approximate surface area is 369 Å². The molecule has 0 saturated carbocycles. The van der Waals surface area contributed by atoms with Gasteiger partial charge >= 0.3 is 11.9 Å². The van der Waals surface area contributed by atoms with Crippen LogP contribution in [0.2, 0.25) is 0 Å². The molecule has 1 rings (SSSR count). The fourth-order valence-electron chi connectivity index (χ4n) is 8.04. The molecule has 1 aromatic heterocycles. The maximum absolute atomic E-state index is 12.9. The lowest BCUT2D eigenvalue weighted by Crippen LogP contribution is -2.34. The van der Waals surface area contributed by atoms with Crippen molar-refractivity contribution >= 4 is 17.8 Å². The summed E-state index contributed by atoms with van der Waals surface area (Å²) >= 11 is 0. The molecule has 60 heavy (non-hydrogen) atoms. The van der Waals surface area contributed by atoms with Crippen LogP contribution in [0.15, 0.2) is 18.5 Å². The summed E-state index contributed by atoms with van der Waals surface area (Å²) in [5.41, 5.74) is 0.633. The van der Waals surface area contributed by atoms with E-state index in [1.165, 1.54) is 77.0 Å². The predicted octanol–water partition coefficient (Wildman–Crippen LogP) is 13.0. The molecule has 2 atom stereocenters. The molecule has 0 fully saturated rings. The Morgan fingerprint density at radius 1 is 0.617 bits per heavy atom. The van der Waals surface area contributed by atoms with E-state index in [9.17, 15) is 19.5 Å². The van der Waals surface area contributed by atoms with Gasteiger partial charge in [0.2, 0.25) is 0 Å². The van der Waals surface area contributed by atoms with Crippen LogP contribution in [-0.4, -0.2) is 77.3 Å². The van der Waals surface area contributed by atoms with Crippen molar-refractivity contribution in [1.82, 2.24) is 15.2 Å². The summed E-state index contributed by atoms with van der Waals surface area (Å²) in [7, 11) is 0. The van der Waals surface area contributed by atoms with Crippen LogP contribution in [0.5, 0.6) is 0 Å². The van der Waals surface area contributed by atoms with Crippen molar-refractivity contribution in [3.63, 3.8) is 0 Å². The first-order chi connectivity index (χ1) is 29.2. The number of hydrogen-bond acceptors (Lipinski definition) is 7. The molecule has 0 aromatic carbocycles. The molecule has 0 aliphatic heterocycles. The monoisotopic (exact) mass is 846 g/mol. The second-order valence-corrected chi connectivity index (χ2v) is 18.1. The standard InChI is InChI=1S/C51H95N3O6/c1-6-9-12-14-17-23-32-47(33-24-18-15-13-10-7-2)59-49(56)35-25-19-16-20-29-40-54(43-46(55)31-27-28-38-53-51(58)45-37-39-52-42-45)41-30-21-26-36-50(57)60-48(44(4)5)34-22-11-8-3/h37,39,42,44,46-48,52,55H,6-36,38,40-41,43H2,1-5H3,(H,53,58). The Hall–Kier alpha value is -2.39. The zero-order valence-electron chi connectivity index (χ0n) is 39.7. The average molecular weight is 846 g/mol. The molecule has 0 bridgehead atoms. The molecular formula is C51H95N3O6. The second-order valence-electron chi connectivity index (χ2n) is 18.1. The first kappa shape index (κ1) is 55.6. The smallest absolute Gasteiger partial charge is 0.306 e. The number of aliphatic hydroxyl groups excluding tert-OH is 1. The third-order valence-electron chi connectivity index (χ3n) is 12.0. The van der Waals surface area contributed by atoms with Gasteiger partial charge in [0.15, 0.2) is 0 Å². The van der Waals surface area contributed by atoms with Gasteiger partial charge in [0, 0.05) is 38.3 Å². The van der Waals surface area contributed by atoms with E-state index >= 15 is 0 Å². The lowest BCUT2D eigenvalue weighted by atomic mass is 10.0. The van der Waals surface area contributed by atoms with Crippen LogP contribution < -0.4 is 5.32 Å². The highest BCUT2D eigenvalue weighted by Gasteiger charge is 2.19. The average Bonchev–Trinajstić information content (AvgIpc) is 3.78. The number of ether oxygens (including phenoxy) is 2. The van der Waals surface area contributed by atoms with Gasteiger partial charge in [-0.05, 0) is 109 Å². The van der Waals surface area contributed by atoms with Crippen LogP contribution in [0.4, 0.5) is 0 Å². The van der Waals surface area contributed by atoms with E-state index < -0.39 is 6.10 Å². The Morgan fingerprint density at radius 2 is 1.10 bits per heavy atom. The predicted molar refractivity (Wildman–Crippen MR) is 250 cm³/mol. The van der Waals surface area contributed by atoms with E-state index in [1.807, 2.05) is 0 Å². The highest BCUT2D eigenvalue weighted by atomic mass is 16.5. The van der Waals surface area contributed by atoms with E-state index in [0.29, 0.717) is 43.8 Å². The highest BCUT2D eigenvalue weighted by molar-refractivity contribution is 5.93. The van der Waals surface area contributed by atoms with Gasteiger partial charge in [0.05, 0.1) is 11.7 Å². The minimum Gasteiger partial charge on any atom is -0.462 e. The number of esters is 2. The molecule has 0 aliphatic rings. The van der Waals surface area contributed by atoms with Gasteiger partial charge in [0.1, 0.15) is 12.2 Å². The molecule has 0 radical (unpaired) electrons. The fraction of sp³-hybridized carbons (Fsp3) is 0.863. The van der Waals surface area contributed by atoms with Crippen LogP contribution in [0, 0.1) is 5.92 Å². The summed E-state index contributed by atoms with van der Waals surface area (Å²) in [5, 5.41) is 13.9. The third kappa shape index (κ3) is 32.3. The van der Waals surface area contributed by atoms with E-state index in [2.05, 4.69) is 49.8 Å². The second kappa shape index (κ2) is 39.5. The van der Waals surface area contributed by atoms with Gasteiger partial charge in [-0.15, -0.1) is 0 Å². The topological polar surface area (TPSA) is 121 Å². The molecule has 0 aliphatic carbocycles. The minimum absolute atomic E-state index is 0.0112. The van der Waals surface area contributed by atoms with Crippen LogP contribution >= 0.6 is 0 Å². The number of rotatable bonds is 43. The van der Waals surface area contributed by atoms with Crippen molar-refractivity contribution in [3.8, 4) is 0 Å². The molecule has 0 saturated heterocycles. The van der Waals surface area contributed by atoms with Crippen molar-refractivity contribution in [2.24, 2.45) is 5.92 Å². The first-order valence-electron chi connectivity index (χ1n) is 25.4. The lowest BCUT2D eigenvalue weighted by Gasteiger charge is -2.25. The summed E-state index contributed by atoms with van der Waals surface area (Å²) < 4.78 is 11.9. The van der Waals surface area contributed by atoms with Crippen LogP contribution in [0.25, 0.3) is 0 Å². The molecule has 9 nitrogen and oxygen atoms in total. The van der Waals surface area contributed by atoms with E-state index in [-0.39, 0.29) is 30.1 Å². The molecule has 2 unspecified atom stereocenters. The molecule has 1 heterocycles. The zero-order valence-corrected chi connectivity index (χ0v) is 39.7. The van der Waals surface area contributed by atoms with Gasteiger partial charge in [-0.25, -0.2) is 0 Å². The van der Waals surface area contributed by atoms with Gasteiger partial charge in [0.25, 0.3) is 5.91 Å². The zero-order chi connectivity index (χ0) is 43.9. The molecule has 9 heteroatoms. The van der Waals surface area contributed by atoms with Crippen LogP contribution in [0.3, 0.4) is 0 Å². The molecule has 1 aromatic rings. The highest BCUT2D eigenvalue weighted by Crippen LogP contribution is 2.20. The van der Waals surface area contributed by atoms with E-state index in [1.54, 1.807) is 18.5 Å². The number of aromatic amines is 1. The number of unbranched alkanes of at least 4 members (excludes halogenated alkanes) is 19. The number of aliphatic hydroxyl groups is 1. The number of carbonyl (C=O) groups is 3. The maximum Gasteiger partial charge on any atom is 0.306 e. The Morgan fingerprint density at radius 3 is 1.67 bits per heavy atom. The third-order valence-corrected chi connectivity index (χ3v) is 12.0. The van der Waals surface area contributed by atoms with Crippen LogP contribution in [-0.2, 0) is 19.1 Å². The minimum atomic E-state index is -0.419. The molecular weight excluding hydrogens is 751 g/mol. The van der Waals surface area contributed by atoms with Crippen molar-refractivity contribution < 1.29 is 29.0 Å². The van der Waals surface area contributed by atoms with Crippen LogP contribution in [0.1, 0.15) is 244 Å². The van der Waals surface area contributed by atoms with E-state index in [0.717, 1.165) is 116 Å². The number of nitrogens with zero attached hydrogens (tertiary/aromatic N) is 1. The summed E-state index contributed by atoms with van der Waals surface area (Å²) in [6, 6.07) is 1.76. The normalized spacial score (nSPS) is 12.7. The Kier molecular flexibility index (Phi) is 36.6.